The van der Waals surface area contributed by atoms with Gasteiger partial charge in [0.25, 0.3) is 5.56 Å². The molecule has 3 rings (SSSR count). The van der Waals surface area contributed by atoms with Crippen molar-refractivity contribution in [2.45, 2.75) is 6.92 Å². The Hall–Kier alpha value is -2.40. The maximum Gasteiger partial charge on any atom is 0.260 e. The lowest BCUT2D eigenvalue weighted by atomic mass is 10.1. The topological polar surface area (TPSA) is 60.9 Å². The largest absolute Gasteiger partial charge is 0.375 e. The van der Waals surface area contributed by atoms with Crippen molar-refractivity contribution < 1.29 is 0 Å². The van der Waals surface area contributed by atoms with Gasteiger partial charge in [-0.1, -0.05) is 29.8 Å². The number of nitrogens with zero attached hydrogens (tertiary/aromatic N) is 2. The first-order valence-corrected chi connectivity index (χ1v) is 7.42. The van der Waals surface area contributed by atoms with Gasteiger partial charge in [-0.15, -0.1) is 11.3 Å². The van der Waals surface area contributed by atoms with Crippen molar-refractivity contribution in [3.63, 3.8) is 0 Å². The Balaban J connectivity index is 2.12. The Labute approximate surface area is 126 Å². The van der Waals surface area contributed by atoms with E-state index in [4.69, 9.17) is 5.73 Å². The van der Waals surface area contributed by atoms with E-state index in [0.717, 1.165) is 11.3 Å². The van der Waals surface area contributed by atoms with Crippen molar-refractivity contribution in [1.29, 1.82) is 0 Å². The lowest BCUT2D eigenvalue weighted by Gasteiger charge is -2.10. The van der Waals surface area contributed by atoms with Gasteiger partial charge in [-0.2, -0.15) is 0 Å². The molecule has 0 atom stereocenters. The predicted molar refractivity (Wildman–Crippen MR) is 87.4 cm³/mol. The van der Waals surface area contributed by atoms with Crippen LogP contribution in [0.3, 0.4) is 0 Å². The first kappa shape index (κ1) is 13.6. The van der Waals surface area contributed by atoms with Gasteiger partial charge in [-0.3, -0.25) is 4.79 Å². The van der Waals surface area contributed by atoms with Gasteiger partial charge < -0.3 is 10.3 Å². The monoisotopic (exact) mass is 297 g/mol. The molecule has 0 spiro atoms. The minimum Gasteiger partial charge on any atom is -0.375 e. The quantitative estimate of drug-likeness (QED) is 0.790. The Bertz CT molecular complexity index is 847. The summed E-state index contributed by atoms with van der Waals surface area (Å²) in [5.41, 5.74) is 9.86. The second-order valence-electron chi connectivity index (χ2n) is 4.93. The molecule has 2 N–H and O–H groups in total. The van der Waals surface area contributed by atoms with Gasteiger partial charge in [0.05, 0.1) is 17.0 Å². The molecular formula is C16H15N3OS. The van der Waals surface area contributed by atoms with E-state index in [1.54, 1.807) is 17.0 Å². The Morgan fingerprint density at radius 2 is 1.86 bits per heavy atom. The minimum atomic E-state index is -0.0709. The average molecular weight is 297 g/mol. The van der Waals surface area contributed by atoms with Gasteiger partial charge in [0.15, 0.2) is 5.13 Å². The van der Waals surface area contributed by atoms with Gasteiger partial charge in [-0.25, -0.2) is 4.98 Å². The number of nitrogens with two attached hydrogens (primary N) is 1. The molecule has 3 aromatic rings. The van der Waals surface area contributed by atoms with Gasteiger partial charge in [-0.05, 0) is 24.6 Å². The van der Waals surface area contributed by atoms with E-state index in [9.17, 15) is 4.79 Å². The number of rotatable bonds is 2. The number of nitrogen functional groups attached to an aromatic ring is 1. The van der Waals surface area contributed by atoms with Crippen molar-refractivity contribution >= 4 is 16.5 Å². The zero-order valence-corrected chi connectivity index (χ0v) is 12.6. The van der Waals surface area contributed by atoms with Crippen LogP contribution in [-0.4, -0.2) is 9.55 Å². The van der Waals surface area contributed by atoms with Crippen LogP contribution in [0.1, 0.15) is 5.56 Å². The van der Waals surface area contributed by atoms with Gasteiger partial charge in [0.1, 0.15) is 0 Å². The fourth-order valence-electron chi connectivity index (χ4n) is 2.26. The smallest absolute Gasteiger partial charge is 0.260 e. The minimum absolute atomic E-state index is 0.0709. The molecule has 0 saturated heterocycles. The third-order valence-electron chi connectivity index (χ3n) is 3.45. The third-order valence-corrected chi connectivity index (χ3v) is 4.12. The van der Waals surface area contributed by atoms with Crippen LogP contribution in [0.25, 0.3) is 22.5 Å². The highest BCUT2D eigenvalue weighted by atomic mass is 32.1. The van der Waals surface area contributed by atoms with Crippen molar-refractivity contribution in [3.8, 4) is 22.5 Å². The van der Waals surface area contributed by atoms with E-state index in [2.05, 4.69) is 4.98 Å². The van der Waals surface area contributed by atoms with E-state index in [0.29, 0.717) is 16.4 Å². The number of aryl methyl sites for hydroxylation is 1. The summed E-state index contributed by atoms with van der Waals surface area (Å²) in [6.45, 7) is 2.04. The molecule has 0 radical (unpaired) electrons. The highest BCUT2D eigenvalue weighted by Crippen LogP contribution is 2.23. The highest BCUT2D eigenvalue weighted by Gasteiger charge is 2.11. The fraction of sp³-hybridized carbons (Fsp3) is 0.125. The summed E-state index contributed by atoms with van der Waals surface area (Å²) >= 11 is 1.33. The van der Waals surface area contributed by atoms with Crippen LogP contribution in [0, 0.1) is 6.92 Å². The Morgan fingerprint density at radius 1 is 1.14 bits per heavy atom. The summed E-state index contributed by atoms with van der Waals surface area (Å²) in [5.74, 6) is 0. The highest BCUT2D eigenvalue weighted by molar-refractivity contribution is 7.13. The number of pyridine rings is 1. The molecule has 0 amide bonds. The van der Waals surface area contributed by atoms with E-state index in [-0.39, 0.29) is 5.56 Å². The molecule has 0 aliphatic heterocycles. The maximum absolute atomic E-state index is 12.5. The van der Waals surface area contributed by atoms with Crippen molar-refractivity contribution in [3.05, 3.63) is 57.7 Å². The summed E-state index contributed by atoms with van der Waals surface area (Å²) in [5, 5.41) is 2.27. The number of hydrogen-bond acceptors (Lipinski definition) is 4. The molecule has 2 aromatic heterocycles. The van der Waals surface area contributed by atoms with E-state index >= 15 is 0 Å². The third kappa shape index (κ3) is 2.48. The number of anilines is 1. The second kappa shape index (κ2) is 5.18. The summed E-state index contributed by atoms with van der Waals surface area (Å²) < 4.78 is 1.65. The molecule has 5 heteroatoms. The van der Waals surface area contributed by atoms with Crippen LogP contribution in [-0.2, 0) is 7.05 Å². The molecule has 21 heavy (non-hydrogen) atoms. The normalized spacial score (nSPS) is 10.8. The standard InChI is InChI=1S/C16H15N3OS/c1-10-3-5-11(6-4-10)14-8-7-12(15(20)19(14)2)13-9-21-16(17)18-13/h3-9H,1-2H3,(H2,17,18). The lowest BCUT2D eigenvalue weighted by Crippen LogP contribution is -2.20. The van der Waals surface area contributed by atoms with Gasteiger partial charge >= 0.3 is 0 Å². The molecule has 0 aliphatic carbocycles. The average Bonchev–Trinajstić information content (AvgIpc) is 2.89. The molecule has 1 aromatic carbocycles. The predicted octanol–water partition coefficient (Wildman–Crippen LogP) is 3.07. The molecule has 2 heterocycles. The van der Waals surface area contributed by atoms with Crippen LogP contribution in [0.15, 0.2) is 46.6 Å². The van der Waals surface area contributed by atoms with E-state index in [1.165, 1.54) is 16.9 Å². The first-order valence-electron chi connectivity index (χ1n) is 6.54. The summed E-state index contributed by atoms with van der Waals surface area (Å²) in [4.78, 5) is 16.7. The fourth-order valence-corrected chi connectivity index (χ4v) is 2.82. The molecule has 0 unspecified atom stereocenters. The SMILES string of the molecule is Cc1ccc(-c2ccc(-c3csc(N)n3)c(=O)n2C)cc1. The summed E-state index contributed by atoms with van der Waals surface area (Å²) in [7, 11) is 1.77. The van der Waals surface area contributed by atoms with E-state index in [1.807, 2.05) is 43.3 Å². The van der Waals surface area contributed by atoms with Crippen LogP contribution in [0.2, 0.25) is 0 Å². The summed E-state index contributed by atoms with van der Waals surface area (Å²) in [6.07, 6.45) is 0. The lowest BCUT2D eigenvalue weighted by molar-refractivity contribution is 0.872. The molecule has 4 nitrogen and oxygen atoms in total. The van der Waals surface area contributed by atoms with Crippen LogP contribution in [0.5, 0.6) is 0 Å². The summed E-state index contributed by atoms with van der Waals surface area (Å²) in [6, 6.07) is 11.9. The molecule has 106 valence electrons. The molecular weight excluding hydrogens is 282 g/mol. The van der Waals surface area contributed by atoms with Gasteiger partial charge in [0.2, 0.25) is 0 Å². The number of aromatic nitrogens is 2. The van der Waals surface area contributed by atoms with E-state index < -0.39 is 0 Å². The Morgan fingerprint density at radius 3 is 2.48 bits per heavy atom. The van der Waals surface area contributed by atoms with Crippen molar-refractivity contribution in [2.24, 2.45) is 7.05 Å². The Kier molecular flexibility index (Phi) is 3.35. The molecule has 0 bridgehead atoms. The van der Waals surface area contributed by atoms with Crippen LogP contribution in [0.4, 0.5) is 5.13 Å². The van der Waals surface area contributed by atoms with Crippen LogP contribution >= 0.6 is 11.3 Å². The molecule has 0 fully saturated rings. The zero-order valence-electron chi connectivity index (χ0n) is 11.8. The maximum atomic E-state index is 12.5. The number of hydrogen-bond donors (Lipinski definition) is 1. The zero-order chi connectivity index (χ0) is 15.0. The van der Waals surface area contributed by atoms with Crippen molar-refractivity contribution in [2.75, 3.05) is 5.73 Å². The second-order valence-corrected chi connectivity index (χ2v) is 5.82. The number of thiazole rings is 1. The van der Waals surface area contributed by atoms with Crippen LogP contribution < -0.4 is 11.3 Å². The van der Waals surface area contributed by atoms with Crippen molar-refractivity contribution in [1.82, 2.24) is 9.55 Å². The molecule has 0 saturated carbocycles. The first-order chi connectivity index (χ1) is 10.1. The number of benzene rings is 1. The molecule has 0 aliphatic rings. The van der Waals surface area contributed by atoms with Gasteiger partial charge in [0, 0.05) is 12.4 Å².